The lowest BCUT2D eigenvalue weighted by molar-refractivity contribution is 0.0770. The highest BCUT2D eigenvalue weighted by atomic mass is 32.2. The summed E-state index contributed by atoms with van der Waals surface area (Å²) < 4.78 is 22.9. The quantitative estimate of drug-likeness (QED) is 0.809. The molecule has 2 aliphatic heterocycles. The molecule has 0 N–H and O–H groups in total. The van der Waals surface area contributed by atoms with Gasteiger partial charge < -0.3 is 9.80 Å². The second-order valence-electron chi connectivity index (χ2n) is 6.87. The van der Waals surface area contributed by atoms with Crippen molar-refractivity contribution in [2.75, 3.05) is 42.6 Å². The summed E-state index contributed by atoms with van der Waals surface area (Å²) in [5.41, 5.74) is 0.529. The summed E-state index contributed by atoms with van der Waals surface area (Å²) in [4.78, 5) is 20.8. The molecule has 1 amide bonds. The van der Waals surface area contributed by atoms with Crippen molar-refractivity contribution in [3.05, 3.63) is 23.9 Å². The molecular weight excluding hydrogens is 326 g/mol. The highest BCUT2D eigenvalue weighted by molar-refractivity contribution is 7.91. The van der Waals surface area contributed by atoms with Crippen LogP contribution >= 0.6 is 0 Å². The smallest absolute Gasteiger partial charge is 0.255 e. The molecule has 3 heterocycles. The first-order valence-corrected chi connectivity index (χ1v) is 10.5. The predicted molar refractivity (Wildman–Crippen MR) is 94.0 cm³/mol. The molecule has 0 radical (unpaired) electrons. The van der Waals surface area contributed by atoms with Crippen LogP contribution in [0.25, 0.3) is 0 Å². The lowest BCUT2D eigenvalue weighted by Gasteiger charge is -2.27. The fraction of sp³-hybridized carbons (Fsp3) is 0.647. The topological polar surface area (TPSA) is 70.6 Å². The Balaban J connectivity index is 1.65. The van der Waals surface area contributed by atoms with Crippen molar-refractivity contribution >= 4 is 21.6 Å². The Morgan fingerprint density at radius 3 is 2.54 bits per heavy atom. The van der Waals surface area contributed by atoms with Crippen LogP contribution in [-0.4, -0.2) is 61.9 Å². The molecule has 24 heavy (non-hydrogen) atoms. The number of aromatic nitrogens is 1. The molecule has 1 unspecified atom stereocenters. The van der Waals surface area contributed by atoms with Gasteiger partial charge >= 0.3 is 0 Å². The van der Waals surface area contributed by atoms with Gasteiger partial charge in [0.05, 0.1) is 17.1 Å². The molecule has 0 saturated carbocycles. The zero-order valence-electron chi connectivity index (χ0n) is 14.1. The number of hydrogen-bond acceptors (Lipinski definition) is 5. The molecular formula is C17H25N3O3S. The normalized spacial score (nSPS) is 24.5. The Morgan fingerprint density at radius 2 is 1.88 bits per heavy atom. The van der Waals surface area contributed by atoms with E-state index in [0.29, 0.717) is 5.56 Å². The zero-order chi connectivity index (χ0) is 17.2. The zero-order valence-corrected chi connectivity index (χ0v) is 15.0. The maximum absolute atomic E-state index is 12.5. The molecule has 0 aliphatic carbocycles. The van der Waals surface area contributed by atoms with Crippen LogP contribution in [0.2, 0.25) is 0 Å². The van der Waals surface area contributed by atoms with Crippen molar-refractivity contribution in [1.82, 2.24) is 9.88 Å². The van der Waals surface area contributed by atoms with E-state index in [9.17, 15) is 13.2 Å². The lowest BCUT2D eigenvalue weighted by Crippen LogP contribution is -2.43. The van der Waals surface area contributed by atoms with Gasteiger partial charge in [-0.15, -0.1) is 0 Å². The van der Waals surface area contributed by atoms with Gasteiger partial charge in [0.1, 0.15) is 5.82 Å². The third-order valence-corrected chi connectivity index (χ3v) is 6.58. The van der Waals surface area contributed by atoms with Gasteiger partial charge in [0.15, 0.2) is 9.84 Å². The molecule has 0 spiro atoms. The van der Waals surface area contributed by atoms with Gasteiger partial charge in [-0.1, -0.05) is 6.92 Å². The largest absolute Gasteiger partial charge is 0.357 e. The lowest BCUT2D eigenvalue weighted by atomic mass is 10.0. The van der Waals surface area contributed by atoms with Crippen LogP contribution in [-0.2, 0) is 9.84 Å². The third-order valence-electron chi connectivity index (χ3n) is 4.97. The van der Waals surface area contributed by atoms with E-state index >= 15 is 0 Å². The molecule has 1 aromatic heterocycles. The second-order valence-corrected chi connectivity index (χ2v) is 9.18. The van der Waals surface area contributed by atoms with Crippen LogP contribution in [0.1, 0.15) is 36.5 Å². The fourth-order valence-corrected chi connectivity index (χ4v) is 4.49. The Morgan fingerprint density at radius 1 is 1.12 bits per heavy atom. The number of carbonyl (C=O) groups excluding carboxylic acids is 1. The van der Waals surface area contributed by atoms with Crippen LogP contribution in [0.5, 0.6) is 0 Å². The van der Waals surface area contributed by atoms with Crippen LogP contribution in [0.4, 0.5) is 5.82 Å². The molecule has 2 saturated heterocycles. The van der Waals surface area contributed by atoms with Gasteiger partial charge in [-0.3, -0.25) is 4.79 Å². The van der Waals surface area contributed by atoms with Gasteiger partial charge in [-0.2, -0.15) is 0 Å². The summed E-state index contributed by atoms with van der Waals surface area (Å²) in [6.07, 6.45) is 5.22. The van der Waals surface area contributed by atoms with Crippen molar-refractivity contribution in [3.63, 3.8) is 0 Å². The number of nitrogens with zero attached hydrogens (tertiary/aromatic N) is 3. The molecule has 6 nitrogen and oxygen atoms in total. The van der Waals surface area contributed by atoms with Gasteiger partial charge in [-0.25, -0.2) is 13.4 Å². The maximum Gasteiger partial charge on any atom is 0.255 e. The van der Waals surface area contributed by atoms with Crippen molar-refractivity contribution in [1.29, 1.82) is 0 Å². The summed E-state index contributed by atoms with van der Waals surface area (Å²) in [6.45, 7) is 4.84. The fourth-order valence-electron chi connectivity index (χ4n) is 3.29. The van der Waals surface area contributed by atoms with E-state index in [4.69, 9.17) is 0 Å². The highest BCUT2D eigenvalue weighted by Gasteiger charge is 2.26. The molecule has 1 atom stereocenters. The van der Waals surface area contributed by atoms with Crippen molar-refractivity contribution in [2.45, 2.75) is 26.2 Å². The van der Waals surface area contributed by atoms with E-state index in [-0.39, 0.29) is 30.5 Å². The Kier molecular flexibility index (Phi) is 5.08. The van der Waals surface area contributed by atoms with E-state index in [0.717, 1.165) is 24.8 Å². The van der Waals surface area contributed by atoms with Crippen molar-refractivity contribution in [2.24, 2.45) is 5.92 Å². The number of anilines is 1. The highest BCUT2D eigenvalue weighted by Crippen LogP contribution is 2.21. The summed E-state index contributed by atoms with van der Waals surface area (Å²) in [5, 5.41) is 0. The average Bonchev–Trinajstić information content (AvgIpc) is 2.79. The number of amides is 1. The molecule has 2 fully saturated rings. The monoisotopic (exact) mass is 351 g/mol. The minimum Gasteiger partial charge on any atom is -0.357 e. The van der Waals surface area contributed by atoms with Gasteiger partial charge in [0.25, 0.3) is 5.91 Å². The summed E-state index contributed by atoms with van der Waals surface area (Å²) in [6, 6.07) is 3.71. The predicted octanol–water partition coefficient (Wildman–Crippen LogP) is 1.58. The Hall–Kier alpha value is -1.63. The van der Waals surface area contributed by atoms with E-state index in [1.807, 2.05) is 12.1 Å². The summed E-state index contributed by atoms with van der Waals surface area (Å²) in [5.74, 6) is 1.65. The number of hydrogen-bond donors (Lipinski definition) is 0. The van der Waals surface area contributed by atoms with Crippen molar-refractivity contribution in [3.8, 4) is 0 Å². The van der Waals surface area contributed by atoms with E-state index in [2.05, 4.69) is 16.8 Å². The van der Waals surface area contributed by atoms with Crippen LogP contribution < -0.4 is 4.90 Å². The standard InChI is InChI=1S/C17H25N3O3S/c1-14-3-2-7-19(8-6-14)16-5-4-15(13-18-16)17(21)20-9-11-24(22,23)12-10-20/h4-5,13-14H,2-3,6-12H2,1H3. The third kappa shape index (κ3) is 4.06. The molecule has 2 aliphatic rings. The van der Waals surface area contributed by atoms with Gasteiger partial charge in [0.2, 0.25) is 0 Å². The molecule has 1 aromatic rings. The van der Waals surface area contributed by atoms with Crippen molar-refractivity contribution < 1.29 is 13.2 Å². The molecule has 7 heteroatoms. The molecule has 132 valence electrons. The van der Waals surface area contributed by atoms with Crippen LogP contribution in [0.3, 0.4) is 0 Å². The number of sulfone groups is 1. The number of carbonyl (C=O) groups is 1. The number of pyridine rings is 1. The minimum absolute atomic E-state index is 0.0518. The molecule has 3 rings (SSSR count). The molecule has 0 bridgehead atoms. The Bertz CT molecular complexity index is 674. The van der Waals surface area contributed by atoms with Gasteiger partial charge in [0, 0.05) is 32.4 Å². The van der Waals surface area contributed by atoms with Crippen LogP contribution in [0, 0.1) is 5.92 Å². The first-order valence-electron chi connectivity index (χ1n) is 8.65. The minimum atomic E-state index is -2.98. The van der Waals surface area contributed by atoms with Crippen LogP contribution in [0.15, 0.2) is 18.3 Å². The first kappa shape index (κ1) is 17.2. The maximum atomic E-state index is 12.5. The number of rotatable bonds is 2. The van der Waals surface area contributed by atoms with E-state index in [1.165, 1.54) is 19.3 Å². The first-order chi connectivity index (χ1) is 11.4. The Labute approximate surface area is 143 Å². The second kappa shape index (κ2) is 7.09. The van der Waals surface area contributed by atoms with Gasteiger partial charge in [-0.05, 0) is 37.3 Å². The summed E-state index contributed by atoms with van der Waals surface area (Å²) in [7, 11) is -2.98. The van der Waals surface area contributed by atoms with E-state index < -0.39 is 9.84 Å². The summed E-state index contributed by atoms with van der Waals surface area (Å²) >= 11 is 0. The molecule has 0 aromatic carbocycles. The van der Waals surface area contributed by atoms with E-state index in [1.54, 1.807) is 11.1 Å². The SMILES string of the molecule is CC1CCCN(c2ccc(C(=O)N3CCS(=O)(=O)CC3)cn2)CC1. The average molecular weight is 351 g/mol.